The third kappa shape index (κ3) is 5.97. The van der Waals surface area contributed by atoms with Gasteiger partial charge in [0.25, 0.3) is 0 Å². The van der Waals surface area contributed by atoms with Gasteiger partial charge in [-0.05, 0) is 95.5 Å². The first-order valence-electron chi connectivity index (χ1n) is 15.6. The Morgan fingerprint density at radius 2 is 1.87 bits per heavy atom. The third-order valence-corrected chi connectivity index (χ3v) is 10.7. The van der Waals surface area contributed by atoms with Gasteiger partial charge in [-0.2, -0.15) is 10.2 Å². The molecule has 4 aliphatic rings. The van der Waals surface area contributed by atoms with E-state index in [0.29, 0.717) is 28.7 Å². The second kappa shape index (κ2) is 11.3. The lowest BCUT2D eigenvalue weighted by molar-refractivity contribution is -0.212. The van der Waals surface area contributed by atoms with Crippen LogP contribution in [0.2, 0.25) is 0 Å². The van der Waals surface area contributed by atoms with Gasteiger partial charge in [0.05, 0.1) is 12.3 Å². The Bertz CT molecular complexity index is 1620. The van der Waals surface area contributed by atoms with E-state index >= 15 is 0 Å². The molecule has 2 aromatic heterocycles. The van der Waals surface area contributed by atoms with E-state index in [0.717, 1.165) is 32.1 Å². The van der Waals surface area contributed by atoms with Crippen molar-refractivity contribution in [2.75, 3.05) is 12.3 Å². The molecule has 3 N–H and O–H groups in total. The second-order valence-corrected chi connectivity index (χ2v) is 14.7. The van der Waals surface area contributed by atoms with Crippen LogP contribution in [0.25, 0.3) is 5.52 Å². The zero-order valence-corrected chi connectivity index (χ0v) is 26.8. The van der Waals surface area contributed by atoms with Gasteiger partial charge in [0.1, 0.15) is 53.7 Å². The molecule has 3 aromatic rings. The zero-order chi connectivity index (χ0) is 31.6. The quantitative estimate of drug-likeness (QED) is 0.222. The first kappa shape index (κ1) is 30.6. The number of nitrogens with two attached hydrogens (primary N) is 1. The molecule has 0 bridgehead atoms. The van der Waals surface area contributed by atoms with Crippen molar-refractivity contribution >= 4 is 25.1 Å². The molecule has 0 radical (unpaired) electrons. The molecule has 4 heterocycles. The summed E-state index contributed by atoms with van der Waals surface area (Å²) in [4.78, 5) is 16.9. The van der Waals surface area contributed by atoms with Gasteiger partial charge in [-0.25, -0.2) is 14.1 Å². The highest BCUT2D eigenvalue weighted by molar-refractivity contribution is 7.52. The van der Waals surface area contributed by atoms with Crippen LogP contribution >= 0.6 is 7.75 Å². The molecule has 2 saturated carbocycles. The molecule has 13 nitrogen and oxygen atoms in total. The summed E-state index contributed by atoms with van der Waals surface area (Å²) >= 11 is 0. The number of fused-ring (bicyclic) bond motifs is 2. The lowest BCUT2D eigenvalue weighted by atomic mass is 9.93. The molecule has 2 aliphatic carbocycles. The maximum Gasteiger partial charge on any atom is 0.459 e. The van der Waals surface area contributed by atoms with Crippen molar-refractivity contribution in [2.24, 2.45) is 0 Å². The molecule has 2 saturated heterocycles. The minimum Gasteiger partial charge on any atom is -0.461 e. The Morgan fingerprint density at radius 1 is 1.11 bits per heavy atom. The maximum absolute atomic E-state index is 14.4. The predicted octanol–water partition coefficient (Wildman–Crippen LogP) is 4.60. The zero-order valence-electron chi connectivity index (χ0n) is 25.9. The van der Waals surface area contributed by atoms with Crippen LogP contribution in [0.15, 0.2) is 42.7 Å². The number of carbonyl (C=O) groups is 1. The van der Waals surface area contributed by atoms with Crippen molar-refractivity contribution in [3.8, 4) is 5.75 Å². The van der Waals surface area contributed by atoms with Crippen molar-refractivity contribution in [1.82, 2.24) is 19.7 Å². The number of ether oxygens (including phenoxy) is 4. The molecule has 45 heavy (non-hydrogen) atoms. The molecule has 7 rings (SSSR count). The number of esters is 1. The summed E-state index contributed by atoms with van der Waals surface area (Å²) in [6.07, 6.45) is 4.39. The van der Waals surface area contributed by atoms with E-state index in [-0.39, 0.29) is 12.7 Å². The molecule has 0 spiro atoms. The van der Waals surface area contributed by atoms with Crippen molar-refractivity contribution < 1.29 is 37.4 Å². The fourth-order valence-corrected chi connectivity index (χ4v) is 7.76. The molecule has 2 aliphatic heterocycles. The van der Waals surface area contributed by atoms with E-state index in [1.807, 2.05) is 45.0 Å². The van der Waals surface area contributed by atoms with Gasteiger partial charge in [-0.1, -0.05) is 12.1 Å². The van der Waals surface area contributed by atoms with Gasteiger partial charge >= 0.3 is 13.7 Å². The van der Waals surface area contributed by atoms with Gasteiger partial charge < -0.3 is 29.2 Å². The molecule has 242 valence electrons. The summed E-state index contributed by atoms with van der Waals surface area (Å²) in [7, 11) is -4.15. The number of anilines is 1. The molecule has 1 unspecified atom stereocenters. The van der Waals surface area contributed by atoms with Crippen LogP contribution in [0, 0.1) is 0 Å². The number of nitrogen functional groups attached to an aromatic ring is 1. The van der Waals surface area contributed by atoms with Gasteiger partial charge in [-0.3, -0.25) is 9.32 Å². The molecule has 6 atom stereocenters. The van der Waals surface area contributed by atoms with Crippen LogP contribution in [0.4, 0.5) is 5.82 Å². The van der Waals surface area contributed by atoms with Crippen molar-refractivity contribution in [2.45, 2.75) is 108 Å². The number of aromatic nitrogens is 3. The predicted molar refractivity (Wildman–Crippen MR) is 162 cm³/mol. The number of nitrogens with one attached hydrogen (secondary N) is 1. The average Bonchev–Trinajstić information content (AvgIpc) is 3.55. The number of rotatable bonds is 11. The van der Waals surface area contributed by atoms with Crippen LogP contribution in [-0.4, -0.2) is 63.4 Å². The lowest BCUT2D eigenvalue weighted by Crippen LogP contribution is -2.39. The van der Waals surface area contributed by atoms with E-state index in [2.05, 4.69) is 15.2 Å². The normalized spacial score (nSPS) is 29.6. The summed E-state index contributed by atoms with van der Waals surface area (Å²) in [6.45, 7) is 6.94. The highest BCUT2D eigenvalue weighted by Crippen LogP contribution is 2.52. The largest absolute Gasteiger partial charge is 0.461 e. The molecular formula is C31H40N5O8P. The summed E-state index contributed by atoms with van der Waals surface area (Å²) in [5.41, 5.74) is 7.58. The number of hydrogen-bond acceptors (Lipinski definition) is 11. The Kier molecular flexibility index (Phi) is 7.70. The molecule has 1 aromatic carbocycles. The maximum atomic E-state index is 14.4. The number of nitrogens with zero attached hydrogens (tertiary/aromatic N) is 3. The summed E-state index contributed by atoms with van der Waals surface area (Å²) in [6, 6.07) is 10.2. The van der Waals surface area contributed by atoms with E-state index < -0.39 is 49.5 Å². The summed E-state index contributed by atoms with van der Waals surface area (Å²) in [5.74, 6) is -0.194. The van der Waals surface area contributed by atoms with Crippen LogP contribution in [-0.2, 0) is 38.4 Å². The third-order valence-electron chi connectivity index (χ3n) is 9.03. The minimum atomic E-state index is -4.15. The number of hydrogen-bond donors (Lipinski definition) is 2. The topological polar surface area (TPSA) is 158 Å². The van der Waals surface area contributed by atoms with Crippen LogP contribution in [0.5, 0.6) is 5.75 Å². The van der Waals surface area contributed by atoms with Crippen molar-refractivity contribution in [3.63, 3.8) is 0 Å². The van der Waals surface area contributed by atoms with Gasteiger partial charge in [0.15, 0.2) is 11.6 Å². The first-order valence-corrected chi connectivity index (χ1v) is 17.1. The average molecular weight is 642 g/mol. The molecule has 0 amide bonds. The van der Waals surface area contributed by atoms with Gasteiger partial charge in [0.2, 0.25) is 0 Å². The van der Waals surface area contributed by atoms with E-state index in [1.54, 1.807) is 23.6 Å². The van der Waals surface area contributed by atoms with Crippen LogP contribution in [0.1, 0.15) is 77.0 Å². The summed E-state index contributed by atoms with van der Waals surface area (Å²) in [5, 5.41) is 7.20. The number of benzene rings is 1. The standard InChI is InChI=1S/C31H40N5O8P/c1-18(29(37)40-21-6-5-7-21)35-45(38,44-22-12-10-20(11-13-22)19-8-9-19)39-16-24-26-27(43-30(2,3)42-26)31(4,41-24)25-15-14-23-28(32)33-17-34-36(23)25/h10-15,17-19,21,24,26-27H,5-9,16H2,1-4H3,(H,35,38)(H2,32,33,34)/t18-,24+,26+,27+,31-,45?/m0/s1. The Balaban J connectivity index is 1.13. The molecule has 4 fully saturated rings. The Morgan fingerprint density at radius 3 is 2.56 bits per heavy atom. The monoisotopic (exact) mass is 641 g/mol. The van der Waals surface area contributed by atoms with Gasteiger partial charge in [-0.15, -0.1) is 0 Å². The van der Waals surface area contributed by atoms with Crippen molar-refractivity contribution in [1.29, 1.82) is 0 Å². The Labute approximate surface area is 261 Å². The van der Waals surface area contributed by atoms with E-state index in [9.17, 15) is 9.36 Å². The fraction of sp³-hybridized carbons (Fsp3) is 0.581. The van der Waals surface area contributed by atoms with Crippen molar-refractivity contribution in [3.05, 3.63) is 54.0 Å². The summed E-state index contributed by atoms with van der Waals surface area (Å²) < 4.78 is 52.9. The highest BCUT2D eigenvalue weighted by Gasteiger charge is 2.62. The van der Waals surface area contributed by atoms with E-state index in [1.165, 1.54) is 11.9 Å². The second-order valence-electron chi connectivity index (χ2n) is 13.0. The SMILES string of the molecule is C[C@H](NP(=O)(OC[C@H]1O[C@@](C)(c2ccc3c(N)ncnn23)[C@@H]2OC(C)(C)O[C@@H]21)Oc1ccc(C2CC2)cc1)C(=O)OC1CCC1. The van der Waals surface area contributed by atoms with Gasteiger partial charge in [0, 0.05) is 0 Å². The lowest BCUT2D eigenvalue weighted by Gasteiger charge is -2.31. The first-order chi connectivity index (χ1) is 21.4. The fourth-order valence-electron chi connectivity index (χ4n) is 6.26. The number of carbonyl (C=O) groups excluding carboxylic acids is 1. The Hall–Kier alpha value is -3.06. The highest BCUT2D eigenvalue weighted by atomic mass is 31.2. The van der Waals surface area contributed by atoms with Crippen LogP contribution < -0.4 is 15.3 Å². The molecule has 14 heteroatoms. The van der Waals surface area contributed by atoms with Crippen LogP contribution in [0.3, 0.4) is 0 Å². The van der Waals surface area contributed by atoms with E-state index in [4.69, 9.17) is 33.7 Å². The smallest absolute Gasteiger partial charge is 0.459 e. The molecular weight excluding hydrogens is 601 g/mol. The minimum absolute atomic E-state index is 0.118.